The molecule has 2 aliphatic rings. The second-order valence-corrected chi connectivity index (χ2v) is 8.57. The third-order valence-corrected chi connectivity index (χ3v) is 6.19. The predicted molar refractivity (Wildman–Crippen MR) is 116 cm³/mol. The van der Waals surface area contributed by atoms with Crippen molar-refractivity contribution in [3.05, 3.63) is 34.6 Å². The number of nitrogens with one attached hydrogen (secondary N) is 2. The van der Waals surface area contributed by atoms with E-state index in [1.807, 2.05) is 43.0 Å². The Bertz CT molecular complexity index is 970. The molecule has 8 nitrogen and oxygen atoms in total. The van der Waals surface area contributed by atoms with Crippen LogP contribution in [0.2, 0.25) is 0 Å². The minimum atomic E-state index is -0.168. The summed E-state index contributed by atoms with van der Waals surface area (Å²) in [5, 5.41) is 10.2. The van der Waals surface area contributed by atoms with Gasteiger partial charge >= 0.3 is 0 Å². The van der Waals surface area contributed by atoms with Crippen LogP contribution in [-0.4, -0.2) is 74.6 Å². The van der Waals surface area contributed by atoms with E-state index >= 15 is 0 Å². The molecule has 1 unspecified atom stereocenters. The molecule has 1 aromatic carbocycles. The Balaban J connectivity index is 1.36. The van der Waals surface area contributed by atoms with Gasteiger partial charge in [0.05, 0.1) is 6.04 Å². The predicted octanol–water partition coefficient (Wildman–Crippen LogP) is 1.73. The van der Waals surface area contributed by atoms with Gasteiger partial charge in [0.1, 0.15) is 6.54 Å². The summed E-state index contributed by atoms with van der Waals surface area (Å²) in [6.45, 7) is 6.69. The molecule has 1 aliphatic carbocycles. The van der Waals surface area contributed by atoms with Crippen molar-refractivity contribution in [3.63, 3.8) is 0 Å². The van der Waals surface area contributed by atoms with Crippen LogP contribution in [0.3, 0.4) is 0 Å². The van der Waals surface area contributed by atoms with Crippen LogP contribution in [0.5, 0.6) is 0 Å². The van der Waals surface area contributed by atoms with Gasteiger partial charge in [-0.15, -0.1) is 0 Å². The third-order valence-electron chi connectivity index (χ3n) is 5.88. The number of carbonyl (C=O) groups excluding carboxylic acids is 2. The third kappa shape index (κ3) is 4.62. The van der Waals surface area contributed by atoms with Crippen molar-refractivity contribution in [2.75, 3.05) is 26.2 Å². The normalized spacial score (nSPS) is 18.3. The molecule has 9 heteroatoms. The zero-order chi connectivity index (χ0) is 21.3. The lowest BCUT2D eigenvalue weighted by Gasteiger charge is -2.37. The number of H-pyrrole nitrogens is 1. The number of carbonyl (C=O) groups is 2. The van der Waals surface area contributed by atoms with Gasteiger partial charge in [0.2, 0.25) is 11.8 Å². The maximum Gasteiger partial charge on any atom is 0.242 e. The second-order valence-electron chi connectivity index (χ2n) is 8.18. The number of hydrogen-bond acceptors (Lipinski definition) is 5. The van der Waals surface area contributed by atoms with E-state index in [0.717, 1.165) is 24.0 Å². The lowest BCUT2D eigenvalue weighted by molar-refractivity contribution is -0.134. The molecule has 2 heterocycles. The number of amides is 2. The Kier molecular flexibility index (Phi) is 6.01. The molecule has 1 aliphatic heterocycles. The van der Waals surface area contributed by atoms with E-state index in [-0.39, 0.29) is 24.4 Å². The fourth-order valence-electron chi connectivity index (χ4n) is 3.70. The van der Waals surface area contributed by atoms with Crippen molar-refractivity contribution in [1.29, 1.82) is 0 Å². The SMILES string of the molecule is Cc1ccc(-c2n[nH]c(=S)n2CC(=O)N2CCN(C(C)C(=O)NC3CC3)CC2)cc1. The van der Waals surface area contributed by atoms with Gasteiger partial charge in [0.25, 0.3) is 0 Å². The van der Waals surface area contributed by atoms with Crippen molar-refractivity contribution >= 4 is 24.0 Å². The summed E-state index contributed by atoms with van der Waals surface area (Å²) < 4.78 is 2.18. The number of hydrogen-bond donors (Lipinski definition) is 2. The van der Waals surface area contributed by atoms with Gasteiger partial charge in [-0.2, -0.15) is 5.10 Å². The Morgan fingerprint density at radius 3 is 2.50 bits per heavy atom. The lowest BCUT2D eigenvalue weighted by atomic mass is 10.1. The largest absolute Gasteiger partial charge is 0.352 e. The quantitative estimate of drug-likeness (QED) is 0.685. The van der Waals surface area contributed by atoms with Gasteiger partial charge in [0, 0.05) is 37.8 Å². The molecule has 0 bridgehead atoms. The number of benzene rings is 1. The molecule has 4 rings (SSSR count). The van der Waals surface area contributed by atoms with Crippen molar-refractivity contribution in [3.8, 4) is 11.4 Å². The first-order valence-electron chi connectivity index (χ1n) is 10.5. The zero-order valence-electron chi connectivity index (χ0n) is 17.4. The Labute approximate surface area is 181 Å². The van der Waals surface area contributed by atoms with Crippen LogP contribution in [0.25, 0.3) is 11.4 Å². The number of rotatable bonds is 6. The summed E-state index contributed by atoms with van der Waals surface area (Å²) >= 11 is 5.36. The molecule has 0 radical (unpaired) electrons. The average molecular weight is 429 g/mol. The molecule has 1 saturated carbocycles. The highest BCUT2D eigenvalue weighted by Crippen LogP contribution is 2.20. The smallest absolute Gasteiger partial charge is 0.242 e. The van der Waals surface area contributed by atoms with E-state index in [9.17, 15) is 9.59 Å². The number of piperazine rings is 1. The minimum Gasteiger partial charge on any atom is -0.352 e. The summed E-state index contributed by atoms with van der Waals surface area (Å²) in [6, 6.07) is 8.18. The molecule has 2 fully saturated rings. The Hall–Kier alpha value is -2.52. The van der Waals surface area contributed by atoms with Gasteiger partial charge in [-0.1, -0.05) is 29.8 Å². The van der Waals surface area contributed by atoms with Crippen LogP contribution >= 0.6 is 12.2 Å². The first kappa shape index (κ1) is 20.7. The van der Waals surface area contributed by atoms with Gasteiger partial charge in [0.15, 0.2) is 10.6 Å². The van der Waals surface area contributed by atoms with Crippen molar-refractivity contribution in [1.82, 2.24) is 29.9 Å². The first-order chi connectivity index (χ1) is 14.4. The first-order valence-corrected chi connectivity index (χ1v) is 10.9. The van der Waals surface area contributed by atoms with Crippen LogP contribution in [0.15, 0.2) is 24.3 Å². The van der Waals surface area contributed by atoms with Crippen molar-refractivity contribution in [2.24, 2.45) is 0 Å². The highest BCUT2D eigenvalue weighted by Gasteiger charge is 2.31. The zero-order valence-corrected chi connectivity index (χ0v) is 18.2. The molecular formula is C21H28N6O2S. The molecule has 1 atom stereocenters. The van der Waals surface area contributed by atoms with E-state index in [2.05, 4.69) is 20.4 Å². The molecule has 2 N–H and O–H groups in total. The molecule has 1 aromatic heterocycles. The molecule has 2 aromatic rings. The fraction of sp³-hybridized carbons (Fsp3) is 0.524. The number of nitrogens with zero attached hydrogens (tertiary/aromatic N) is 4. The number of aromatic nitrogens is 3. The molecule has 160 valence electrons. The summed E-state index contributed by atoms with van der Waals surface area (Å²) in [4.78, 5) is 29.2. The lowest BCUT2D eigenvalue weighted by Crippen LogP contribution is -2.55. The monoisotopic (exact) mass is 428 g/mol. The summed E-state index contributed by atoms with van der Waals surface area (Å²) in [6.07, 6.45) is 2.17. The van der Waals surface area contributed by atoms with Gasteiger partial charge in [-0.25, -0.2) is 0 Å². The maximum absolute atomic E-state index is 12.9. The van der Waals surface area contributed by atoms with Crippen LogP contribution in [0.1, 0.15) is 25.3 Å². The van der Waals surface area contributed by atoms with E-state index in [1.54, 1.807) is 4.57 Å². The molecule has 1 saturated heterocycles. The molecule has 30 heavy (non-hydrogen) atoms. The van der Waals surface area contributed by atoms with Gasteiger partial charge < -0.3 is 10.2 Å². The average Bonchev–Trinajstić information content (AvgIpc) is 3.50. The van der Waals surface area contributed by atoms with Crippen molar-refractivity contribution in [2.45, 2.75) is 45.3 Å². The Morgan fingerprint density at radius 1 is 1.20 bits per heavy atom. The van der Waals surface area contributed by atoms with Crippen molar-refractivity contribution < 1.29 is 9.59 Å². The molecular weight excluding hydrogens is 400 g/mol. The van der Waals surface area contributed by atoms with Crippen LogP contribution < -0.4 is 5.32 Å². The van der Waals surface area contributed by atoms with E-state index in [1.165, 1.54) is 0 Å². The topological polar surface area (TPSA) is 86.3 Å². The highest BCUT2D eigenvalue weighted by atomic mass is 32.1. The Morgan fingerprint density at radius 2 is 1.87 bits per heavy atom. The van der Waals surface area contributed by atoms with E-state index < -0.39 is 0 Å². The maximum atomic E-state index is 12.9. The minimum absolute atomic E-state index is 0.00981. The van der Waals surface area contributed by atoms with Crippen LogP contribution in [-0.2, 0) is 16.1 Å². The van der Waals surface area contributed by atoms with Gasteiger partial charge in [-0.05, 0) is 38.9 Å². The molecule has 0 spiro atoms. The summed E-state index contributed by atoms with van der Waals surface area (Å²) in [5.41, 5.74) is 2.08. The molecule has 2 amide bonds. The van der Waals surface area contributed by atoms with E-state index in [4.69, 9.17) is 12.2 Å². The van der Waals surface area contributed by atoms with Gasteiger partial charge in [-0.3, -0.25) is 24.2 Å². The highest BCUT2D eigenvalue weighted by molar-refractivity contribution is 7.71. The standard InChI is InChI=1S/C21H28N6O2S/c1-14-3-5-16(6-4-14)19-23-24-21(30)27(19)13-18(28)26-11-9-25(10-12-26)15(2)20(29)22-17-7-8-17/h3-6,15,17H,7-13H2,1-2H3,(H,22,29)(H,24,30). The number of aromatic amines is 1. The second kappa shape index (κ2) is 8.69. The summed E-state index contributed by atoms with van der Waals surface area (Å²) in [7, 11) is 0. The van der Waals surface area contributed by atoms with Crippen LogP contribution in [0, 0.1) is 11.7 Å². The fourth-order valence-corrected chi connectivity index (χ4v) is 3.89. The van der Waals surface area contributed by atoms with Crippen LogP contribution in [0.4, 0.5) is 0 Å². The number of aryl methyl sites for hydroxylation is 1. The summed E-state index contributed by atoms with van der Waals surface area (Å²) in [5.74, 6) is 0.762. The van der Waals surface area contributed by atoms with E-state index in [0.29, 0.717) is 42.8 Å².